The summed E-state index contributed by atoms with van der Waals surface area (Å²) in [6, 6.07) is 0. The van der Waals surface area contributed by atoms with Gasteiger partial charge in [0.1, 0.15) is 0 Å². The van der Waals surface area contributed by atoms with E-state index in [1.54, 1.807) is 0 Å². The number of carbonyl (C=O) groups excluding carboxylic acids is 1. The molecule has 0 radical (unpaired) electrons. The number of nitrogens with two attached hydrogens (primary N) is 2. The van der Waals surface area contributed by atoms with E-state index < -0.39 is 23.9 Å². The zero-order valence-corrected chi connectivity index (χ0v) is 17.0. The van der Waals surface area contributed by atoms with Crippen LogP contribution in [0.5, 0.6) is 0 Å². The van der Waals surface area contributed by atoms with Crippen LogP contribution in [-0.2, 0) is 19.2 Å². The Morgan fingerprint density at radius 3 is 1.08 bits per heavy atom. The fraction of sp³-hybridized carbons (Fsp3) is 0.692. The summed E-state index contributed by atoms with van der Waals surface area (Å²) in [5.74, 6) is -3.70. The molecule has 0 rings (SSSR count). The number of unbranched alkanes of at least 4 members (excludes halogenated alkanes) is 4. The summed E-state index contributed by atoms with van der Waals surface area (Å²) in [5, 5.41) is 33.4. The van der Waals surface area contributed by atoms with Crippen molar-refractivity contribution in [2.24, 2.45) is 11.5 Å². The van der Waals surface area contributed by atoms with Crippen LogP contribution >= 0.6 is 0 Å². The normalized spacial score (nSPS) is 8.42. The molecule has 0 amide bonds. The first-order valence-electron chi connectivity index (χ1n) is 6.92. The smallest absolute Gasteiger partial charge is 0.549 e. The number of hydrogen-bond acceptors (Lipinski definition) is 7. The van der Waals surface area contributed by atoms with Crippen LogP contribution in [0.1, 0.15) is 44.9 Å². The van der Waals surface area contributed by atoms with Crippen molar-refractivity contribution in [2.45, 2.75) is 44.9 Å². The Hall–Kier alpha value is -0.564. The molecule has 0 bridgehead atoms. The van der Waals surface area contributed by atoms with Crippen LogP contribution in [0.15, 0.2) is 0 Å². The standard InChI is InChI=1S/C9H16O4.2C2H5NO2.K/c10-8(11)6-4-2-1-3-5-7-9(12)13;2*3-1-2(4)5;/h1-7H2,(H,10,11)(H,12,13);2*1,3H2,(H,4,5);/q;;;+1/p-1. The van der Waals surface area contributed by atoms with E-state index in [1.807, 2.05) is 0 Å². The number of aliphatic carboxylic acids is 4. The van der Waals surface area contributed by atoms with E-state index in [2.05, 4.69) is 11.5 Å². The fourth-order valence-electron chi connectivity index (χ4n) is 1.08. The first-order chi connectivity index (χ1) is 10.7. The number of hydrogen-bond donors (Lipinski definition) is 5. The van der Waals surface area contributed by atoms with E-state index in [0.717, 1.165) is 19.3 Å². The molecule has 0 aliphatic heterocycles. The SMILES string of the molecule is NCC(=O)O.NCC(=O)[O-].O=C(O)CCCCCCCC(=O)O.[K+]. The van der Waals surface area contributed by atoms with E-state index in [-0.39, 0.29) is 77.3 Å². The average Bonchev–Trinajstić information content (AvgIpc) is 2.46. The molecular formula is C13H25KN2O8. The summed E-state index contributed by atoms with van der Waals surface area (Å²) in [4.78, 5) is 38.6. The second-order valence-electron chi connectivity index (χ2n) is 4.23. The van der Waals surface area contributed by atoms with Gasteiger partial charge in [-0.15, -0.1) is 0 Å². The van der Waals surface area contributed by atoms with Gasteiger partial charge >= 0.3 is 69.3 Å². The minimum absolute atomic E-state index is 0. The monoisotopic (exact) mass is 376 g/mol. The molecule has 0 aromatic rings. The van der Waals surface area contributed by atoms with E-state index in [4.69, 9.17) is 25.2 Å². The second kappa shape index (κ2) is 24.7. The predicted octanol–water partition coefficient (Wildman–Crippen LogP) is -4.38. The zero-order valence-electron chi connectivity index (χ0n) is 13.9. The van der Waals surface area contributed by atoms with E-state index in [1.165, 1.54) is 0 Å². The Labute approximate surface area is 183 Å². The Kier molecular flexibility index (Phi) is 32.1. The number of rotatable bonds is 10. The number of carbonyl (C=O) groups is 4. The summed E-state index contributed by atoms with van der Waals surface area (Å²) < 4.78 is 0. The molecule has 0 spiro atoms. The van der Waals surface area contributed by atoms with Gasteiger partial charge in [0.15, 0.2) is 0 Å². The summed E-state index contributed by atoms with van der Waals surface area (Å²) in [6.45, 7) is -0.667. The summed E-state index contributed by atoms with van der Waals surface area (Å²) in [6.07, 6.45) is 4.53. The third-order valence-electron chi connectivity index (χ3n) is 2.12. The maximum atomic E-state index is 10.1. The minimum Gasteiger partial charge on any atom is -0.549 e. The maximum absolute atomic E-state index is 10.1. The van der Waals surface area contributed by atoms with Gasteiger partial charge in [-0.05, 0) is 12.8 Å². The predicted molar refractivity (Wildman–Crippen MR) is 78.3 cm³/mol. The van der Waals surface area contributed by atoms with Crippen LogP contribution in [0.4, 0.5) is 0 Å². The molecule has 0 unspecified atom stereocenters. The molecule has 0 saturated carbocycles. The summed E-state index contributed by atoms with van der Waals surface area (Å²) >= 11 is 0. The third kappa shape index (κ3) is 49.6. The molecule has 0 fully saturated rings. The summed E-state index contributed by atoms with van der Waals surface area (Å²) in [7, 11) is 0. The van der Waals surface area contributed by atoms with Gasteiger partial charge in [0.05, 0.1) is 12.5 Å². The molecule has 0 saturated heterocycles. The molecule has 0 heterocycles. The molecule has 10 nitrogen and oxygen atoms in total. The van der Waals surface area contributed by atoms with Crippen LogP contribution in [0, 0.1) is 0 Å². The molecule has 0 aromatic carbocycles. The number of carboxylic acids is 4. The average molecular weight is 376 g/mol. The van der Waals surface area contributed by atoms with Crippen molar-refractivity contribution in [1.29, 1.82) is 0 Å². The quantitative estimate of drug-likeness (QED) is 0.183. The van der Waals surface area contributed by atoms with Gasteiger partial charge in [-0.25, -0.2) is 0 Å². The van der Waals surface area contributed by atoms with Crippen LogP contribution in [0.25, 0.3) is 0 Å². The van der Waals surface area contributed by atoms with Crippen molar-refractivity contribution in [3.63, 3.8) is 0 Å². The van der Waals surface area contributed by atoms with Gasteiger partial charge in [-0.3, -0.25) is 14.4 Å². The van der Waals surface area contributed by atoms with Gasteiger partial charge in [0.2, 0.25) is 0 Å². The molecular weight excluding hydrogens is 351 g/mol. The van der Waals surface area contributed by atoms with E-state index >= 15 is 0 Å². The van der Waals surface area contributed by atoms with Crippen LogP contribution in [0.3, 0.4) is 0 Å². The molecule has 0 aromatic heterocycles. The molecule has 11 heteroatoms. The Bertz CT molecular complexity index is 321. The first-order valence-corrected chi connectivity index (χ1v) is 6.92. The van der Waals surface area contributed by atoms with Gasteiger partial charge < -0.3 is 36.7 Å². The van der Waals surface area contributed by atoms with Crippen molar-refractivity contribution < 1.29 is 91.0 Å². The molecule has 0 aliphatic rings. The first kappa shape index (κ1) is 31.2. The van der Waals surface area contributed by atoms with Crippen LogP contribution in [0.2, 0.25) is 0 Å². The van der Waals surface area contributed by atoms with Crippen molar-refractivity contribution >= 4 is 23.9 Å². The Balaban J connectivity index is -0.000000151. The Morgan fingerprint density at radius 2 is 0.917 bits per heavy atom. The van der Waals surface area contributed by atoms with Gasteiger partial charge in [0.25, 0.3) is 0 Å². The topological polar surface area (TPSA) is 204 Å². The van der Waals surface area contributed by atoms with Crippen LogP contribution < -0.4 is 68.0 Å². The van der Waals surface area contributed by atoms with Gasteiger partial charge in [-0.1, -0.05) is 19.3 Å². The minimum atomic E-state index is -1.22. The van der Waals surface area contributed by atoms with Crippen molar-refractivity contribution in [2.75, 3.05) is 13.1 Å². The second-order valence-corrected chi connectivity index (χ2v) is 4.23. The van der Waals surface area contributed by atoms with Crippen molar-refractivity contribution in [3.05, 3.63) is 0 Å². The number of carboxylic acid groups (broad SMARTS) is 4. The summed E-state index contributed by atoms with van der Waals surface area (Å²) in [5.41, 5.74) is 9.08. The van der Waals surface area contributed by atoms with E-state index in [0.29, 0.717) is 12.8 Å². The Morgan fingerprint density at radius 1 is 0.667 bits per heavy atom. The molecule has 24 heavy (non-hydrogen) atoms. The van der Waals surface area contributed by atoms with Crippen molar-refractivity contribution in [1.82, 2.24) is 0 Å². The zero-order chi connectivity index (χ0) is 18.7. The molecule has 0 aliphatic carbocycles. The fourth-order valence-corrected chi connectivity index (χ4v) is 1.08. The van der Waals surface area contributed by atoms with Gasteiger partial charge in [-0.2, -0.15) is 0 Å². The third-order valence-corrected chi connectivity index (χ3v) is 2.12. The van der Waals surface area contributed by atoms with Crippen LogP contribution in [-0.4, -0.2) is 52.3 Å². The van der Waals surface area contributed by atoms with Gasteiger partial charge in [0, 0.05) is 19.4 Å². The molecule has 7 N–H and O–H groups in total. The maximum Gasteiger partial charge on any atom is 1.00 e. The van der Waals surface area contributed by atoms with Crippen molar-refractivity contribution in [3.8, 4) is 0 Å². The largest absolute Gasteiger partial charge is 1.00 e. The molecule has 0 atom stereocenters. The molecule has 136 valence electrons. The van der Waals surface area contributed by atoms with E-state index in [9.17, 15) is 14.4 Å².